The van der Waals surface area contributed by atoms with Crippen LogP contribution in [0.4, 0.5) is 0 Å². The van der Waals surface area contributed by atoms with Crippen molar-refractivity contribution in [2.45, 2.75) is 32.8 Å². The Morgan fingerprint density at radius 1 is 1.12 bits per heavy atom. The first kappa shape index (κ1) is 24.5. The molecule has 1 heterocycles. The van der Waals surface area contributed by atoms with Crippen molar-refractivity contribution in [2.75, 3.05) is 0 Å². The Labute approximate surface area is 216 Å². The van der Waals surface area contributed by atoms with Gasteiger partial charge in [-0.1, -0.05) is 70.7 Å². The van der Waals surface area contributed by atoms with E-state index in [-0.39, 0.29) is 5.56 Å². The molecule has 0 radical (unpaired) electrons. The molecule has 4 rings (SSSR count). The van der Waals surface area contributed by atoms with Crippen LogP contribution < -0.4 is 10.3 Å². The molecule has 0 fully saturated rings. The predicted octanol–water partition coefficient (Wildman–Crippen LogP) is 7.27. The van der Waals surface area contributed by atoms with E-state index in [0.29, 0.717) is 45.5 Å². The molecule has 0 amide bonds. The van der Waals surface area contributed by atoms with Crippen LogP contribution in [0.5, 0.6) is 5.75 Å². The number of hydrogen-bond acceptors (Lipinski definition) is 4. The van der Waals surface area contributed by atoms with E-state index in [4.69, 9.17) is 32.9 Å². The third-order valence-electron chi connectivity index (χ3n) is 5.22. The highest BCUT2D eigenvalue weighted by Gasteiger charge is 2.11. The molecule has 0 saturated heterocycles. The zero-order chi connectivity index (χ0) is 24.1. The summed E-state index contributed by atoms with van der Waals surface area (Å²) in [5.74, 6) is 1.30. The largest absolute Gasteiger partial charge is 0.489 e. The van der Waals surface area contributed by atoms with Gasteiger partial charge in [0.2, 0.25) is 0 Å². The van der Waals surface area contributed by atoms with E-state index in [2.05, 4.69) is 28.0 Å². The lowest BCUT2D eigenvalue weighted by Crippen LogP contribution is -2.22. The number of fused-ring (bicyclic) bond motifs is 1. The molecule has 4 aromatic rings. The standard InChI is InChI=1S/C26H22BrCl2N3O2/c1-2-3-7-25-31-24-11-9-19(27)13-22(24)26(33)32(25)30-15-17-5-4-6-21(12-17)34-16-18-8-10-20(28)14-23(18)29/h4-6,8-15H,2-3,7,16H2,1H3. The summed E-state index contributed by atoms with van der Waals surface area (Å²) in [7, 11) is 0. The molecule has 0 spiro atoms. The first-order chi connectivity index (χ1) is 16.4. The van der Waals surface area contributed by atoms with Crippen LogP contribution in [0.25, 0.3) is 10.9 Å². The predicted molar refractivity (Wildman–Crippen MR) is 143 cm³/mol. The van der Waals surface area contributed by atoms with Crippen LogP contribution in [-0.4, -0.2) is 15.9 Å². The topological polar surface area (TPSA) is 56.5 Å². The summed E-state index contributed by atoms with van der Waals surface area (Å²) in [6.07, 6.45) is 4.22. The molecule has 0 saturated carbocycles. The molecule has 0 aliphatic rings. The summed E-state index contributed by atoms with van der Waals surface area (Å²) in [5.41, 5.74) is 2.11. The minimum absolute atomic E-state index is 0.196. The number of unbranched alkanes of at least 4 members (excludes halogenated alkanes) is 1. The number of aryl methyl sites for hydroxylation is 1. The molecule has 0 atom stereocenters. The number of halogens is 3. The fraction of sp³-hybridized carbons (Fsp3) is 0.192. The molecule has 34 heavy (non-hydrogen) atoms. The second-order valence-electron chi connectivity index (χ2n) is 7.75. The Bertz CT molecular complexity index is 1420. The van der Waals surface area contributed by atoms with Gasteiger partial charge in [0, 0.05) is 26.5 Å². The molecular formula is C26H22BrCl2N3O2. The number of nitrogens with zero attached hydrogens (tertiary/aromatic N) is 3. The van der Waals surface area contributed by atoms with E-state index in [0.717, 1.165) is 28.4 Å². The Morgan fingerprint density at radius 2 is 1.97 bits per heavy atom. The highest BCUT2D eigenvalue weighted by molar-refractivity contribution is 9.10. The van der Waals surface area contributed by atoms with Gasteiger partial charge in [0.15, 0.2) is 0 Å². The molecule has 0 bridgehead atoms. The fourth-order valence-electron chi connectivity index (χ4n) is 3.42. The number of rotatable bonds is 8. The molecule has 8 heteroatoms. The lowest BCUT2D eigenvalue weighted by atomic mass is 10.2. The van der Waals surface area contributed by atoms with Gasteiger partial charge in [0.05, 0.1) is 17.1 Å². The summed E-state index contributed by atoms with van der Waals surface area (Å²) < 4.78 is 8.12. The fourth-order valence-corrected chi connectivity index (χ4v) is 4.24. The molecule has 5 nitrogen and oxygen atoms in total. The Kier molecular flexibility index (Phi) is 8.03. The van der Waals surface area contributed by atoms with Crippen molar-refractivity contribution in [3.05, 3.63) is 102 Å². The molecular weight excluding hydrogens is 537 g/mol. The van der Waals surface area contributed by atoms with Crippen LogP contribution in [0.15, 0.2) is 75.0 Å². The third-order valence-corrected chi connectivity index (χ3v) is 6.30. The zero-order valence-corrected chi connectivity index (χ0v) is 21.6. The van der Waals surface area contributed by atoms with Crippen molar-refractivity contribution >= 4 is 56.2 Å². The van der Waals surface area contributed by atoms with Gasteiger partial charge in [0.1, 0.15) is 18.2 Å². The van der Waals surface area contributed by atoms with E-state index in [1.54, 1.807) is 24.4 Å². The first-order valence-corrected chi connectivity index (χ1v) is 12.4. The number of ether oxygens (including phenoxy) is 1. The van der Waals surface area contributed by atoms with Crippen LogP contribution in [0, 0.1) is 0 Å². The summed E-state index contributed by atoms with van der Waals surface area (Å²) in [6.45, 7) is 2.41. The molecule has 174 valence electrons. The van der Waals surface area contributed by atoms with Crippen molar-refractivity contribution < 1.29 is 4.74 Å². The van der Waals surface area contributed by atoms with E-state index in [9.17, 15) is 4.79 Å². The first-order valence-electron chi connectivity index (χ1n) is 10.9. The smallest absolute Gasteiger partial charge is 0.282 e. The number of hydrogen-bond donors (Lipinski definition) is 0. The summed E-state index contributed by atoms with van der Waals surface area (Å²) >= 11 is 15.6. The van der Waals surface area contributed by atoms with Crippen molar-refractivity contribution in [1.82, 2.24) is 9.66 Å². The SMILES string of the molecule is CCCCc1nc2ccc(Br)cc2c(=O)n1N=Cc1cccc(OCc2ccc(Cl)cc2Cl)c1. The number of benzene rings is 3. The van der Waals surface area contributed by atoms with Crippen LogP contribution in [0.1, 0.15) is 36.7 Å². The van der Waals surface area contributed by atoms with Crippen LogP contribution >= 0.6 is 39.1 Å². The maximum absolute atomic E-state index is 13.2. The van der Waals surface area contributed by atoms with Gasteiger partial charge in [0.25, 0.3) is 5.56 Å². The van der Waals surface area contributed by atoms with Crippen molar-refractivity contribution in [3.63, 3.8) is 0 Å². The van der Waals surface area contributed by atoms with Gasteiger partial charge >= 0.3 is 0 Å². The summed E-state index contributed by atoms with van der Waals surface area (Å²) in [6, 6.07) is 18.3. The van der Waals surface area contributed by atoms with Crippen molar-refractivity contribution in [1.29, 1.82) is 0 Å². The minimum Gasteiger partial charge on any atom is -0.489 e. The number of aromatic nitrogens is 2. The van der Waals surface area contributed by atoms with Gasteiger partial charge in [-0.2, -0.15) is 9.78 Å². The van der Waals surface area contributed by atoms with E-state index in [1.807, 2.05) is 42.5 Å². The average Bonchev–Trinajstić information content (AvgIpc) is 2.82. The van der Waals surface area contributed by atoms with E-state index < -0.39 is 0 Å². The summed E-state index contributed by atoms with van der Waals surface area (Å²) in [4.78, 5) is 17.9. The van der Waals surface area contributed by atoms with Gasteiger partial charge in [-0.3, -0.25) is 4.79 Å². The van der Waals surface area contributed by atoms with Crippen molar-refractivity contribution in [3.8, 4) is 5.75 Å². The highest BCUT2D eigenvalue weighted by Crippen LogP contribution is 2.23. The molecule has 0 N–H and O–H groups in total. The van der Waals surface area contributed by atoms with Gasteiger partial charge < -0.3 is 4.74 Å². The lowest BCUT2D eigenvalue weighted by molar-refractivity contribution is 0.306. The van der Waals surface area contributed by atoms with Gasteiger partial charge in [-0.05, 0) is 54.4 Å². The highest BCUT2D eigenvalue weighted by atomic mass is 79.9. The second-order valence-corrected chi connectivity index (χ2v) is 9.51. The summed E-state index contributed by atoms with van der Waals surface area (Å²) in [5, 5.41) is 6.15. The Morgan fingerprint density at radius 3 is 2.76 bits per heavy atom. The average molecular weight is 559 g/mol. The maximum Gasteiger partial charge on any atom is 0.282 e. The molecule has 1 aromatic heterocycles. The molecule has 0 unspecified atom stereocenters. The van der Waals surface area contributed by atoms with E-state index >= 15 is 0 Å². The Balaban J connectivity index is 1.61. The maximum atomic E-state index is 13.2. The van der Waals surface area contributed by atoms with Gasteiger partial charge in [-0.15, -0.1) is 0 Å². The Hall–Kier alpha value is -2.67. The van der Waals surface area contributed by atoms with Crippen molar-refractivity contribution in [2.24, 2.45) is 5.10 Å². The molecule has 0 aliphatic heterocycles. The van der Waals surface area contributed by atoms with Crippen LogP contribution in [0.2, 0.25) is 10.0 Å². The zero-order valence-electron chi connectivity index (χ0n) is 18.5. The third kappa shape index (κ3) is 5.87. The van der Waals surface area contributed by atoms with Gasteiger partial charge in [-0.25, -0.2) is 4.98 Å². The quantitative estimate of drug-likeness (QED) is 0.214. The van der Waals surface area contributed by atoms with Crippen LogP contribution in [-0.2, 0) is 13.0 Å². The normalized spacial score (nSPS) is 11.4. The molecule has 0 aliphatic carbocycles. The minimum atomic E-state index is -0.196. The lowest BCUT2D eigenvalue weighted by Gasteiger charge is -2.10. The monoisotopic (exact) mass is 557 g/mol. The van der Waals surface area contributed by atoms with Crippen LogP contribution in [0.3, 0.4) is 0 Å². The van der Waals surface area contributed by atoms with E-state index in [1.165, 1.54) is 4.68 Å². The molecule has 3 aromatic carbocycles. The second kappa shape index (κ2) is 11.2.